The van der Waals surface area contributed by atoms with Gasteiger partial charge in [-0.05, 0) is 31.2 Å². The van der Waals surface area contributed by atoms with Crippen LogP contribution in [0.2, 0.25) is 5.02 Å². The summed E-state index contributed by atoms with van der Waals surface area (Å²) >= 11 is 5.71. The summed E-state index contributed by atoms with van der Waals surface area (Å²) in [6.45, 7) is 2.78. The lowest BCUT2D eigenvalue weighted by molar-refractivity contribution is -0.120. The van der Waals surface area contributed by atoms with Crippen LogP contribution in [0.15, 0.2) is 24.3 Å². The second-order valence-corrected chi connectivity index (χ2v) is 3.90. The van der Waals surface area contributed by atoms with E-state index in [1.54, 1.807) is 24.3 Å². The summed E-state index contributed by atoms with van der Waals surface area (Å²) in [5.41, 5.74) is 0.533. The molecule has 0 heterocycles. The minimum atomic E-state index is -0.203. The van der Waals surface area contributed by atoms with E-state index >= 15 is 0 Å². The summed E-state index contributed by atoms with van der Waals surface area (Å²) in [4.78, 5) is 22.7. The summed E-state index contributed by atoms with van der Waals surface area (Å²) in [6.07, 6.45) is 0.285. The summed E-state index contributed by atoms with van der Waals surface area (Å²) < 4.78 is 0. The van der Waals surface area contributed by atoms with Gasteiger partial charge in [0.1, 0.15) is 0 Å². The van der Waals surface area contributed by atoms with Gasteiger partial charge in [-0.1, -0.05) is 11.6 Å². The average Bonchev–Trinajstić information content (AvgIpc) is 2.30. The molecule has 0 radical (unpaired) electrons. The van der Waals surface area contributed by atoms with E-state index in [1.165, 1.54) is 0 Å². The minimum absolute atomic E-state index is 0.0658. The van der Waals surface area contributed by atoms with E-state index in [0.29, 0.717) is 23.7 Å². The van der Waals surface area contributed by atoms with Crippen LogP contribution in [-0.4, -0.2) is 24.9 Å². The van der Waals surface area contributed by atoms with Gasteiger partial charge < -0.3 is 10.6 Å². The predicted octanol–water partition coefficient (Wildman–Crippen LogP) is 1.60. The Hall–Kier alpha value is -1.55. The number of hydrogen-bond donors (Lipinski definition) is 2. The van der Waals surface area contributed by atoms with Crippen molar-refractivity contribution >= 4 is 23.4 Å². The van der Waals surface area contributed by atoms with Crippen molar-refractivity contribution in [1.82, 2.24) is 10.6 Å². The molecular formula is C12H15ClN2O2. The third-order valence-electron chi connectivity index (χ3n) is 2.12. The fourth-order valence-corrected chi connectivity index (χ4v) is 1.40. The Morgan fingerprint density at radius 2 is 1.82 bits per heavy atom. The standard InChI is InChI=1S/C12H15ClN2O2/c1-2-14-11(16)7-8-15-12(17)9-3-5-10(13)6-4-9/h3-6H,2,7-8H2,1H3,(H,14,16)(H,15,17). The molecule has 0 aromatic heterocycles. The molecule has 0 fully saturated rings. The number of benzene rings is 1. The van der Waals surface area contributed by atoms with Gasteiger partial charge in [-0.2, -0.15) is 0 Å². The maximum absolute atomic E-state index is 11.6. The molecule has 1 rings (SSSR count). The number of nitrogens with one attached hydrogen (secondary N) is 2. The van der Waals surface area contributed by atoms with Gasteiger partial charge in [0.05, 0.1) is 0 Å². The van der Waals surface area contributed by atoms with E-state index in [9.17, 15) is 9.59 Å². The van der Waals surface area contributed by atoms with Crippen LogP contribution in [0.3, 0.4) is 0 Å². The molecule has 2 N–H and O–H groups in total. The zero-order valence-electron chi connectivity index (χ0n) is 9.63. The highest BCUT2D eigenvalue weighted by molar-refractivity contribution is 6.30. The van der Waals surface area contributed by atoms with E-state index in [-0.39, 0.29) is 18.2 Å². The lowest BCUT2D eigenvalue weighted by atomic mass is 10.2. The van der Waals surface area contributed by atoms with Crippen LogP contribution in [0, 0.1) is 0 Å². The van der Waals surface area contributed by atoms with Gasteiger partial charge in [0, 0.05) is 30.1 Å². The molecular weight excluding hydrogens is 240 g/mol. The van der Waals surface area contributed by atoms with Gasteiger partial charge in [-0.3, -0.25) is 9.59 Å². The van der Waals surface area contributed by atoms with Crippen molar-refractivity contribution < 1.29 is 9.59 Å². The number of carbonyl (C=O) groups excluding carboxylic acids is 2. The van der Waals surface area contributed by atoms with Gasteiger partial charge in [0.25, 0.3) is 5.91 Å². The second kappa shape index (κ2) is 6.91. The molecule has 0 atom stereocenters. The predicted molar refractivity (Wildman–Crippen MR) is 67.1 cm³/mol. The van der Waals surface area contributed by atoms with Crippen LogP contribution < -0.4 is 10.6 Å². The van der Waals surface area contributed by atoms with Gasteiger partial charge in [0.2, 0.25) is 5.91 Å². The molecule has 0 aliphatic carbocycles. The van der Waals surface area contributed by atoms with Crippen LogP contribution in [0.5, 0.6) is 0 Å². The molecule has 1 aromatic rings. The first-order valence-electron chi connectivity index (χ1n) is 5.44. The number of halogens is 1. The normalized spacial score (nSPS) is 9.76. The first-order valence-corrected chi connectivity index (χ1v) is 5.81. The maximum atomic E-state index is 11.6. The molecule has 0 saturated heterocycles. The van der Waals surface area contributed by atoms with E-state index in [0.717, 1.165) is 0 Å². The smallest absolute Gasteiger partial charge is 0.251 e. The largest absolute Gasteiger partial charge is 0.356 e. The molecule has 1 aromatic carbocycles. The molecule has 0 bridgehead atoms. The third kappa shape index (κ3) is 4.87. The molecule has 92 valence electrons. The van der Waals surface area contributed by atoms with Crippen molar-refractivity contribution in [3.8, 4) is 0 Å². The van der Waals surface area contributed by atoms with E-state index in [2.05, 4.69) is 10.6 Å². The maximum Gasteiger partial charge on any atom is 0.251 e. The highest BCUT2D eigenvalue weighted by Gasteiger charge is 2.05. The average molecular weight is 255 g/mol. The summed E-state index contributed by atoms with van der Waals surface area (Å²) in [7, 11) is 0. The number of amides is 2. The van der Waals surface area contributed by atoms with Crippen molar-refractivity contribution in [2.75, 3.05) is 13.1 Å². The van der Waals surface area contributed by atoms with Crippen molar-refractivity contribution in [2.24, 2.45) is 0 Å². The number of carbonyl (C=O) groups is 2. The van der Waals surface area contributed by atoms with Crippen molar-refractivity contribution in [3.05, 3.63) is 34.9 Å². The number of hydrogen-bond acceptors (Lipinski definition) is 2. The van der Waals surface area contributed by atoms with Crippen LogP contribution in [-0.2, 0) is 4.79 Å². The molecule has 0 unspecified atom stereocenters. The molecule has 17 heavy (non-hydrogen) atoms. The van der Waals surface area contributed by atoms with Crippen LogP contribution >= 0.6 is 11.6 Å². The van der Waals surface area contributed by atoms with Crippen molar-refractivity contribution in [1.29, 1.82) is 0 Å². The van der Waals surface area contributed by atoms with Gasteiger partial charge in [0.15, 0.2) is 0 Å². The fraction of sp³-hybridized carbons (Fsp3) is 0.333. The Balaban J connectivity index is 2.35. The Bertz CT molecular complexity index is 390. The molecule has 2 amide bonds. The molecule has 5 heteroatoms. The Morgan fingerprint density at radius 1 is 1.18 bits per heavy atom. The van der Waals surface area contributed by atoms with Gasteiger partial charge in [-0.15, -0.1) is 0 Å². The van der Waals surface area contributed by atoms with Crippen LogP contribution in [0.25, 0.3) is 0 Å². The zero-order chi connectivity index (χ0) is 12.7. The SMILES string of the molecule is CCNC(=O)CCNC(=O)c1ccc(Cl)cc1. The summed E-state index contributed by atoms with van der Waals surface area (Å²) in [5, 5.41) is 5.91. The topological polar surface area (TPSA) is 58.2 Å². The third-order valence-corrected chi connectivity index (χ3v) is 2.37. The highest BCUT2D eigenvalue weighted by atomic mass is 35.5. The first-order chi connectivity index (χ1) is 8.13. The zero-order valence-corrected chi connectivity index (χ0v) is 10.4. The molecule has 4 nitrogen and oxygen atoms in total. The molecule has 0 saturated carbocycles. The monoisotopic (exact) mass is 254 g/mol. The molecule has 0 spiro atoms. The minimum Gasteiger partial charge on any atom is -0.356 e. The highest BCUT2D eigenvalue weighted by Crippen LogP contribution is 2.09. The molecule has 0 aliphatic rings. The Morgan fingerprint density at radius 3 is 2.41 bits per heavy atom. The Kier molecular flexibility index (Phi) is 5.49. The first kappa shape index (κ1) is 13.5. The number of rotatable bonds is 5. The van der Waals surface area contributed by atoms with Gasteiger partial charge in [-0.25, -0.2) is 0 Å². The van der Waals surface area contributed by atoms with Crippen molar-refractivity contribution in [3.63, 3.8) is 0 Å². The van der Waals surface area contributed by atoms with Gasteiger partial charge >= 0.3 is 0 Å². The summed E-state index contributed by atoms with van der Waals surface area (Å²) in [6, 6.07) is 6.59. The lowest BCUT2D eigenvalue weighted by Gasteiger charge is -2.05. The summed E-state index contributed by atoms with van der Waals surface area (Å²) in [5.74, 6) is -0.269. The second-order valence-electron chi connectivity index (χ2n) is 3.47. The fourth-order valence-electron chi connectivity index (χ4n) is 1.28. The van der Waals surface area contributed by atoms with Crippen LogP contribution in [0.4, 0.5) is 0 Å². The van der Waals surface area contributed by atoms with E-state index < -0.39 is 0 Å². The Labute approximate surface area is 105 Å². The lowest BCUT2D eigenvalue weighted by Crippen LogP contribution is -2.30. The van der Waals surface area contributed by atoms with Crippen molar-refractivity contribution in [2.45, 2.75) is 13.3 Å². The molecule has 0 aliphatic heterocycles. The van der Waals surface area contributed by atoms with E-state index in [4.69, 9.17) is 11.6 Å². The van der Waals surface area contributed by atoms with E-state index in [1.807, 2.05) is 6.92 Å². The van der Waals surface area contributed by atoms with Crippen LogP contribution in [0.1, 0.15) is 23.7 Å². The quantitative estimate of drug-likeness (QED) is 0.839.